The number of hydrogen-bond donors (Lipinski definition) is 1. The molecule has 0 atom stereocenters. The number of benzene rings is 1. The summed E-state index contributed by atoms with van der Waals surface area (Å²) >= 11 is 3.66. The van der Waals surface area contributed by atoms with Crippen LogP contribution in [0, 0.1) is 0 Å². The predicted octanol–water partition coefficient (Wildman–Crippen LogP) is 7.70. The van der Waals surface area contributed by atoms with E-state index in [0.717, 1.165) is 52.4 Å². The molecule has 1 saturated heterocycles. The van der Waals surface area contributed by atoms with Crippen LogP contribution in [0.3, 0.4) is 0 Å². The zero-order valence-electron chi connectivity index (χ0n) is 19.8. The second-order valence-corrected chi connectivity index (χ2v) is 11.4. The minimum atomic E-state index is 0.515. The Morgan fingerprint density at radius 2 is 2.06 bits per heavy atom. The Bertz CT molecular complexity index is 1250. The minimum Gasteiger partial charge on any atom is -0.397 e. The lowest BCUT2D eigenvalue weighted by molar-refractivity contribution is 0.00843. The number of anilines is 1. The Kier molecular flexibility index (Phi) is 7.18. The van der Waals surface area contributed by atoms with Crippen LogP contribution in [0.25, 0.3) is 26.9 Å². The average Bonchev–Trinajstić information content (AvgIpc) is 3.10. The van der Waals surface area contributed by atoms with Gasteiger partial charge < -0.3 is 10.5 Å². The van der Waals surface area contributed by atoms with Crippen LogP contribution in [0.15, 0.2) is 57.9 Å². The van der Waals surface area contributed by atoms with E-state index in [0.29, 0.717) is 11.2 Å². The number of hydrogen-bond acceptors (Lipinski definition) is 6. The molecule has 0 unspecified atom stereocenters. The molecule has 1 saturated carbocycles. The third-order valence-corrected chi connectivity index (χ3v) is 9.24. The zero-order chi connectivity index (χ0) is 23.5. The van der Waals surface area contributed by atoms with E-state index in [9.17, 15) is 0 Å². The van der Waals surface area contributed by atoms with Crippen molar-refractivity contribution in [2.45, 2.75) is 54.9 Å². The van der Waals surface area contributed by atoms with Crippen LogP contribution in [0.5, 0.6) is 0 Å². The lowest BCUT2D eigenvalue weighted by atomic mass is 9.94. The number of fused-ring (bicyclic) bond motifs is 1. The highest BCUT2D eigenvalue weighted by atomic mass is 32.2. The van der Waals surface area contributed by atoms with E-state index in [1.807, 2.05) is 37.2 Å². The molecular formula is C28H31N3OS2. The van der Waals surface area contributed by atoms with Crippen LogP contribution in [0.4, 0.5) is 5.69 Å². The fourth-order valence-corrected chi connectivity index (χ4v) is 6.94. The molecule has 3 heterocycles. The van der Waals surface area contributed by atoms with E-state index in [4.69, 9.17) is 15.5 Å². The van der Waals surface area contributed by atoms with Crippen LogP contribution >= 0.6 is 23.1 Å². The summed E-state index contributed by atoms with van der Waals surface area (Å²) in [5.41, 5.74) is 13.2. The highest BCUT2D eigenvalue weighted by Gasteiger charge is 2.24. The Morgan fingerprint density at radius 3 is 2.68 bits per heavy atom. The molecule has 2 aliphatic rings. The van der Waals surface area contributed by atoms with Crippen molar-refractivity contribution in [1.29, 1.82) is 0 Å². The van der Waals surface area contributed by atoms with Crippen LogP contribution in [0.1, 0.15) is 56.7 Å². The molecule has 0 radical (unpaired) electrons. The third-order valence-electron chi connectivity index (χ3n) is 6.57. The topological polar surface area (TPSA) is 60.5 Å². The summed E-state index contributed by atoms with van der Waals surface area (Å²) in [6.07, 6.45) is 12.7. The van der Waals surface area contributed by atoms with Gasteiger partial charge in [-0.25, -0.2) is 4.98 Å². The van der Waals surface area contributed by atoms with Crippen molar-refractivity contribution in [2.24, 2.45) is 4.99 Å². The van der Waals surface area contributed by atoms with Crippen LogP contribution < -0.4 is 5.73 Å². The molecule has 0 bridgehead atoms. The van der Waals surface area contributed by atoms with E-state index in [-0.39, 0.29) is 0 Å². The number of thiophene rings is 1. The van der Waals surface area contributed by atoms with Crippen LogP contribution in [-0.2, 0) is 4.74 Å². The normalized spacial score (nSPS) is 17.6. The maximum Gasteiger partial charge on any atom is 0.127 e. The molecule has 3 aromatic rings. The molecule has 2 N–H and O–H groups in total. The smallest absolute Gasteiger partial charge is 0.127 e. The summed E-state index contributed by atoms with van der Waals surface area (Å²) in [5, 5.41) is 1.76. The maximum atomic E-state index is 6.77. The molecule has 1 aromatic carbocycles. The number of aromatic nitrogens is 1. The summed E-state index contributed by atoms with van der Waals surface area (Å²) in [5.74, 6) is 0.515. The second kappa shape index (κ2) is 10.5. The molecule has 34 heavy (non-hydrogen) atoms. The monoisotopic (exact) mass is 489 g/mol. The first-order chi connectivity index (χ1) is 16.7. The molecule has 2 fully saturated rings. The number of ether oxygens (including phenoxy) is 1. The van der Waals surface area contributed by atoms with E-state index in [1.165, 1.54) is 34.6 Å². The highest BCUT2D eigenvalue weighted by molar-refractivity contribution is 8.02. The fraction of sp³-hybridized carbons (Fsp3) is 0.357. The molecule has 1 aliphatic heterocycles. The van der Waals surface area contributed by atoms with Crippen molar-refractivity contribution < 1.29 is 4.74 Å². The van der Waals surface area contributed by atoms with Crippen molar-refractivity contribution in [2.75, 3.05) is 18.9 Å². The number of allylic oxidation sites excluding steroid dienone is 3. The largest absolute Gasteiger partial charge is 0.397 e. The number of nitrogen functional groups attached to an aromatic ring is 1. The second-order valence-electron chi connectivity index (χ2n) is 8.88. The Labute approximate surface area is 210 Å². The summed E-state index contributed by atoms with van der Waals surface area (Å²) in [7, 11) is 0. The SMILES string of the molecule is C\C=C(/C=N/C=C/CC)c1cc(-c2ccc(C3COC3)cc2)c2c(N)c(SC3CCC3)sc2n1. The van der Waals surface area contributed by atoms with Crippen LogP contribution in [-0.4, -0.2) is 29.7 Å². The van der Waals surface area contributed by atoms with Gasteiger partial charge in [0.15, 0.2) is 0 Å². The summed E-state index contributed by atoms with van der Waals surface area (Å²) in [4.78, 5) is 10.5. The zero-order valence-corrected chi connectivity index (χ0v) is 21.4. The van der Waals surface area contributed by atoms with Crippen molar-refractivity contribution in [1.82, 2.24) is 4.98 Å². The molecular weight excluding hydrogens is 458 g/mol. The van der Waals surface area contributed by atoms with Crippen molar-refractivity contribution in [3.8, 4) is 11.1 Å². The first-order valence-corrected chi connectivity index (χ1v) is 13.8. The van der Waals surface area contributed by atoms with Crippen molar-refractivity contribution >= 4 is 50.8 Å². The fourth-order valence-electron chi connectivity index (χ4n) is 4.14. The first kappa shape index (κ1) is 23.3. The molecule has 6 heteroatoms. The van der Waals surface area contributed by atoms with Gasteiger partial charge in [0.05, 0.1) is 28.8 Å². The average molecular weight is 490 g/mol. The van der Waals surface area contributed by atoms with Gasteiger partial charge in [0.25, 0.3) is 0 Å². The molecule has 1 aliphatic carbocycles. The predicted molar refractivity (Wildman–Crippen MR) is 148 cm³/mol. The summed E-state index contributed by atoms with van der Waals surface area (Å²) in [6, 6.07) is 11.1. The quantitative estimate of drug-likeness (QED) is 0.329. The highest BCUT2D eigenvalue weighted by Crippen LogP contribution is 2.48. The van der Waals surface area contributed by atoms with Gasteiger partial charge in [0.2, 0.25) is 0 Å². The van der Waals surface area contributed by atoms with E-state index in [1.54, 1.807) is 11.3 Å². The van der Waals surface area contributed by atoms with Gasteiger partial charge in [0.1, 0.15) is 4.83 Å². The van der Waals surface area contributed by atoms with Crippen molar-refractivity contribution in [3.63, 3.8) is 0 Å². The first-order valence-electron chi connectivity index (χ1n) is 12.1. The molecule has 176 valence electrons. The van der Waals surface area contributed by atoms with Gasteiger partial charge in [-0.1, -0.05) is 49.8 Å². The van der Waals surface area contributed by atoms with Gasteiger partial charge in [-0.2, -0.15) is 0 Å². The molecule has 5 rings (SSSR count). The Balaban J connectivity index is 1.59. The maximum absolute atomic E-state index is 6.77. The van der Waals surface area contributed by atoms with Gasteiger partial charge >= 0.3 is 0 Å². The number of nitrogens with two attached hydrogens (primary N) is 1. The van der Waals surface area contributed by atoms with E-state index < -0.39 is 0 Å². The minimum absolute atomic E-state index is 0.515. The van der Waals surface area contributed by atoms with E-state index >= 15 is 0 Å². The van der Waals surface area contributed by atoms with E-state index in [2.05, 4.69) is 48.3 Å². The van der Waals surface area contributed by atoms with Gasteiger partial charge in [-0.15, -0.1) is 23.1 Å². The summed E-state index contributed by atoms with van der Waals surface area (Å²) in [6.45, 7) is 5.78. The molecule has 2 aromatic heterocycles. The van der Waals surface area contributed by atoms with Gasteiger partial charge in [-0.05, 0) is 48.9 Å². The van der Waals surface area contributed by atoms with Gasteiger partial charge in [-0.3, -0.25) is 4.99 Å². The lowest BCUT2D eigenvalue weighted by Crippen LogP contribution is -2.24. The van der Waals surface area contributed by atoms with Crippen molar-refractivity contribution in [3.05, 3.63) is 59.9 Å². The number of nitrogens with zero attached hydrogens (tertiary/aromatic N) is 2. The van der Waals surface area contributed by atoms with Gasteiger partial charge in [0, 0.05) is 34.5 Å². The number of thioether (sulfide) groups is 1. The third kappa shape index (κ3) is 4.72. The number of aliphatic imine (C=N–C) groups is 1. The number of pyridine rings is 1. The summed E-state index contributed by atoms with van der Waals surface area (Å²) < 4.78 is 6.58. The molecule has 0 spiro atoms. The molecule has 4 nitrogen and oxygen atoms in total. The molecule has 0 amide bonds. The Morgan fingerprint density at radius 1 is 1.26 bits per heavy atom. The standard InChI is InChI=1S/C28H31N3OS2/c1-3-5-13-30-15-18(4-2)24-14-23(20-11-9-19(10-12-20)21-16-32-17-21)25-26(29)28(34-27(25)31-24)33-22-7-6-8-22/h4-5,9-15,21-22H,3,6-8,16-17,29H2,1-2H3/b13-5+,18-4+,30-15+. The lowest BCUT2D eigenvalue weighted by Gasteiger charge is -2.26. The number of rotatable bonds is 8. The Hall–Kier alpha value is -2.41. The van der Waals surface area contributed by atoms with Crippen LogP contribution in [0.2, 0.25) is 0 Å².